The predicted molar refractivity (Wildman–Crippen MR) is 269 cm³/mol. The second kappa shape index (κ2) is 52.2. The van der Waals surface area contributed by atoms with Crippen molar-refractivity contribution in [1.82, 2.24) is 5.32 Å². The van der Waals surface area contributed by atoms with Crippen molar-refractivity contribution in [2.45, 2.75) is 321 Å². The van der Waals surface area contributed by atoms with Crippen molar-refractivity contribution < 1.29 is 24.5 Å². The van der Waals surface area contributed by atoms with E-state index in [0.717, 1.165) is 44.9 Å². The first kappa shape index (κ1) is 60.6. The van der Waals surface area contributed by atoms with Crippen LogP contribution in [0.15, 0.2) is 12.2 Å². The number of unbranched alkanes of at least 4 members (excludes halogenated alkanes) is 39. The topological polar surface area (TPSA) is 95.9 Å². The minimum Gasteiger partial charge on any atom is -0.466 e. The van der Waals surface area contributed by atoms with Gasteiger partial charge in [0.15, 0.2) is 0 Å². The van der Waals surface area contributed by atoms with E-state index >= 15 is 0 Å². The highest BCUT2D eigenvalue weighted by atomic mass is 16.5. The van der Waals surface area contributed by atoms with Crippen LogP contribution in [0, 0.1) is 0 Å². The Morgan fingerprint density at radius 1 is 0.435 bits per heavy atom. The highest BCUT2D eigenvalue weighted by Crippen LogP contribution is 2.17. The molecule has 0 bridgehead atoms. The normalized spacial score (nSPS) is 12.6. The zero-order chi connectivity index (χ0) is 45.1. The Balaban J connectivity index is 3.36. The van der Waals surface area contributed by atoms with Crippen LogP contribution in [0.3, 0.4) is 0 Å². The number of carbonyl (C=O) groups is 2. The standard InChI is InChI=1S/C56H109NO5/c1-3-5-7-9-11-13-15-16-27-30-34-38-42-46-50-56(61)62-51-47-43-39-35-31-28-25-23-21-19-17-18-20-22-24-26-29-33-37-41-45-49-55(60)57-53(52-58)54(59)48-44-40-36-32-14-12-10-8-6-4-2/h15-16,53-54,58-59H,3-14,17-52H2,1-2H3,(H,57,60)/b16-15-. The lowest BCUT2D eigenvalue weighted by Gasteiger charge is -2.22. The van der Waals surface area contributed by atoms with E-state index < -0.39 is 12.1 Å². The lowest BCUT2D eigenvalue weighted by atomic mass is 10.0. The minimum absolute atomic E-state index is 0.00362. The molecule has 0 aliphatic rings. The summed E-state index contributed by atoms with van der Waals surface area (Å²) in [5.74, 6) is -0.0332. The molecule has 1 amide bonds. The van der Waals surface area contributed by atoms with Gasteiger partial charge in [-0.2, -0.15) is 0 Å². The van der Waals surface area contributed by atoms with Gasteiger partial charge >= 0.3 is 5.97 Å². The van der Waals surface area contributed by atoms with Crippen LogP contribution in [0.2, 0.25) is 0 Å². The zero-order valence-corrected chi connectivity index (χ0v) is 41.9. The van der Waals surface area contributed by atoms with Gasteiger partial charge in [-0.25, -0.2) is 0 Å². The number of allylic oxidation sites excluding steroid dienone is 2. The van der Waals surface area contributed by atoms with E-state index in [4.69, 9.17) is 4.74 Å². The Bertz CT molecular complexity index is 924. The maximum absolute atomic E-state index is 12.4. The number of hydrogen-bond donors (Lipinski definition) is 3. The number of amides is 1. The van der Waals surface area contributed by atoms with Crippen LogP contribution in [0.5, 0.6) is 0 Å². The molecule has 0 aromatic heterocycles. The zero-order valence-electron chi connectivity index (χ0n) is 41.9. The summed E-state index contributed by atoms with van der Waals surface area (Å²) in [5.41, 5.74) is 0. The van der Waals surface area contributed by atoms with Crippen molar-refractivity contribution in [2.24, 2.45) is 0 Å². The lowest BCUT2D eigenvalue weighted by Crippen LogP contribution is -2.45. The van der Waals surface area contributed by atoms with Crippen molar-refractivity contribution in [2.75, 3.05) is 13.2 Å². The fraction of sp³-hybridized carbons (Fsp3) is 0.929. The van der Waals surface area contributed by atoms with Crippen LogP contribution < -0.4 is 5.32 Å². The van der Waals surface area contributed by atoms with Crippen LogP contribution in [-0.4, -0.2) is 47.4 Å². The fourth-order valence-electron chi connectivity index (χ4n) is 8.75. The number of ether oxygens (including phenoxy) is 1. The molecule has 0 rings (SSSR count). The largest absolute Gasteiger partial charge is 0.466 e. The molecule has 0 radical (unpaired) electrons. The van der Waals surface area contributed by atoms with Gasteiger partial charge in [-0.3, -0.25) is 9.59 Å². The number of aliphatic hydroxyl groups excluding tert-OH is 2. The van der Waals surface area contributed by atoms with Crippen molar-refractivity contribution in [1.29, 1.82) is 0 Å². The molecule has 0 aliphatic carbocycles. The molecule has 0 saturated carbocycles. The Morgan fingerprint density at radius 3 is 1.15 bits per heavy atom. The van der Waals surface area contributed by atoms with Crippen LogP contribution in [-0.2, 0) is 14.3 Å². The summed E-state index contributed by atoms with van der Waals surface area (Å²) < 4.78 is 5.47. The van der Waals surface area contributed by atoms with Gasteiger partial charge in [0, 0.05) is 12.8 Å². The van der Waals surface area contributed by atoms with E-state index in [-0.39, 0.29) is 18.5 Å². The summed E-state index contributed by atoms with van der Waals surface area (Å²) in [6.07, 6.45) is 60.6. The molecule has 0 heterocycles. The van der Waals surface area contributed by atoms with Crippen LogP contribution in [0.25, 0.3) is 0 Å². The SMILES string of the molecule is CCCCCCC/C=C\CCCCCCCC(=O)OCCCCCCCCCCCCCCCCCCCCCCCC(=O)NC(CO)C(O)CCCCCCCCCCCC. The maximum atomic E-state index is 12.4. The predicted octanol–water partition coefficient (Wildman–Crippen LogP) is 16.9. The summed E-state index contributed by atoms with van der Waals surface area (Å²) in [6, 6.07) is -0.539. The van der Waals surface area contributed by atoms with E-state index in [1.165, 1.54) is 231 Å². The van der Waals surface area contributed by atoms with Crippen LogP contribution >= 0.6 is 0 Å². The Morgan fingerprint density at radius 2 is 0.758 bits per heavy atom. The number of hydrogen-bond acceptors (Lipinski definition) is 5. The first-order valence-corrected chi connectivity index (χ1v) is 27.9. The molecule has 0 saturated heterocycles. The van der Waals surface area contributed by atoms with Crippen molar-refractivity contribution >= 4 is 11.9 Å². The van der Waals surface area contributed by atoms with E-state index in [2.05, 4.69) is 31.3 Å². The van der Waals surface area contributed by atoms with Gasteiger partial charge in [0.25, 0.3) is 0 Å². The van der Waals surface area contributed by atoms with Gasteiger partial charge in [0.05, 0.1) is 25.4 Å². The molecule has 2 atom stereocenters. The molecule has 6 heteroatoms. The van der Waals surface area contributed by atoms with Crippen LogP contribution in [0.4, 0.5) is 0 Å². The second-order valence-electron chi connectivity index (χ2n) is 19.3. The summed E-state index contributed by atoms with van der Waals surface area (Å²) in [4.78, 5) is 24.4. The molecule has 62 heavy (non-hydrogen) atoms. The first-order chi connectivity index (χ1) is 30.5. The molecule has 0 aromatic carbocycles. The van der Waals surface area contributed by atoms with Gasteiger partial charge in [-0.05, 0) is 51.4 Å². The quantitative estimate of drug-likeness (QED) is 0.0321. The van der Waals surface area contributed by atoms with E-state index in [1.54, 1.807) is 0 Å². The average Bonchev–Trinajstić information content (AvgIpc) is 3.27. The first-order valence-electron chi connectivity index (χ1n) is 27.9. The number of aliphatic hydroxyl groups is 2. The molecular formula is C56H109NO5. The maximum Gasteiger partial charge on any atom is 0.305 e. The van der Waals surface area contributed by atoms with E-state index in [0.29, 0.717) is 25.9 Å². The second-order valence-corrected chi connectivity index (χ2v) is 19.3. The highest BCUT2D eigenvalue weighted by molar-refractivity contribution is 5.76. The molecule has 6 nitrogen and oxygen atoms in total. The summed E-state index contributed by atoms with van der Waals surface area (Å²) in [7, 11) is 0. The van der Waals surface area contributed by atoms with Gasteiger partial charge in [-0.15, -0.1) is 0 Å². The fourth-order valence-corrected chi connectivity index (χ4v) is 8.75. The smallest absolute Gasteiger partial charge is 0.305 e. The Kier molecular flexibility index (Phi) is 51.0. The third kappa shape index (κ3) is 48.1. The average molecular weight is 876 g/mol. The summed E-state index contributed by atoms with van der Waals surface area (Å²) in [5, 5.41) is 23.1. The molecule has 368 valence electrons. The third-order valence-electron chi connectivity index (χ3n) is 13.1. The molecule has 2 unspecified atom stereocenters. The highest BCUT2D eigenvalue weighted by Gasteiger charge is 2.20. The van der Waals surface area contributed by atoms with Gasteiger partial charge < -0.3 is 20.3 Å². The lowest BCUT2D eigenvalue weighted by molar-refractivity contribution is -0.143. The minimum atomic E-state index is -0.662. The number of esters is 1. The Hall–Kier alpha value is -1.40. The van der Waals surface area contributed by atoms with Crippen molar-refractivity contribution in [3.05, 3.63) is 12.2 Å². The van der Waals surface area contributed by atoms with Crippen molar-refractivity contribution in [3.8, 4) is 0 Å². The molecular weight excluding hydrogens is 767 g/mol. The van der Waals surface area contributed by atoms with Gasteiger partial charge in [-0.1, -0.05) is 257 Å². The van der Waals surface area contributed by atoms with E-state index in [9.17, 15) is 19.8 Å². The number of rotatable bonds is 52. The third-order valence-corrected chi connectivity index (χ3v) is 13.1. The van der Waals surface area contributed by atoms with Crippen molar-refractivity contribution in [3.63, 3.8) is 0 Å². The van der Waals surface area contributed by atoms with E-state index in [1.807, 2.05) is 0 Å². The summed E-state index contributed by atoms with van der Waals surface area (Å²) >= 11 is 0. The number of carbonyl (C=O) groups excluding carboxylic acids is 2. The monoisotopic (exact) mass is 876 g/mol. The Labute approximate surface area is 387 Å². The molecule has 0 aliphatic heterocycles. The van der Waals surface area contributed by atoms with Crippen LogP contribution in [0.1, 0.15) is 309 Å². The van der Waals surface area contributed by atoms with Gasteiger partial charge in [0.2, 0.25) is 5.91 Å². The summed E-state index contributed by atoms with van der Waals surface area (Å²) in [6.45, 7) is 4.93. The number of nitrogens with one attached hydrogen (secondary N) is 1. The molecule has 3 N–H and O–H groups in total. The molecule has 0 spiro atoms. The van der Waals surface area contributed by atoms with Gasteiger partial charge in [0.1, 0.15) is 0 Å². The molecule has 0 fully saturated rings. The molecule has 0 aromatic rings.